The molecule has 0 aromatic heterocycles. The first-order valence-corrected chi connectivity index (χ1v) is 6.43. The smallest absolute Gasteiger partial charge is 0.237 e. The standard InChI is InChI=1S/C14H20N2O2/c15-13(10-11-4-2-1-3-5-11)14(17)16-12-6-8-18-9-7-12/h1-5,12-13H,6-10,15H2,(H,16,17). The van der Waals surface area contributed by atoms with Crippen LogP contribution in [0.1, 0.15) is 18.4 Å². The average molecular weight is 248 g/mol. The Balaban J connectivity index is 1.81. The van der Waals surface area contributed by atoms with Crippen molar-refractivity contribution in [2.45, 2.75) is 31.3 Å². The molecule has 1 aromatic carbocycles. The van der Waals surface area contributed by atoms with E-state index in [2.05, 4.69) is 5.32 Å². The van der Waals surface area contributed by atoms with Crippen LogP contribution in [0.3, 0.4) is 0 Å². The summed E-state index contributed by atoms with van der Waals surface area (Å²) in [7, 11) is 0. The normalized spacial score (nSPS) is 18.3. The van der Waals surface area contributed by atoms with E-state index in [-0.39, 0.29) is 11.9 Å². The first-order valence-electron chi connectivity index (χ1n) is 6.43. The second-order valence-electron chi connectivity index (χ2n) is 4.69. The molecule has 0 aliphatic carbocycles. The number of carbonyl (C=O) groups is 1. The van der Waals surface area contributed by atoms with Crippen LogP contribution in [0.25, 0.3) is 0 Å². The Morgan fingerprint density at radius 3 is 2.67 bits per heavy atom. The fourth-order valence-electron chi connectivity index (χ4n) is 2.11. The van der Waals surface area contributed by atoms with Crippen molar-refractivity contribution >= 4 is 5.91 Å². The second kappa shape index (κ2) is 6.52. The molecule has 1 atom stereocenters. The van der Waals surface area contributed by atoms with Crippen LogP contribution in [-0.4, -0.2) is 31.2 Å². The molecule has 1 aromatic rings. The molecule has 1 amide bonds. The Morgan fingerprint density at radius 2 is 2.00 bits per heavy atom. The molecule has 4 nitrogen and oxygen atoms in total. The summed E-state index contributed by atoms with van der Waals surface area (Å²) in [5.74, 6) is -0.0641. The topological polar surface area (TPSA) is 64.4 Å². The van der Waals surface area contributed by atoms with E-state index in [1.54, 1.807) is 0 Å². The molecule has 4 heteroatoms. The molecule has 0 radical (unpaired) electrons. The number of nitrogens with two attached hydrogens (primary N) is 1. The summed E-state index contributed by atoms with van der Waals surface area (Å²) in [5, 5.41) is 2.99. The zero-order valence-electron chi connectivity index (χ0n) is 10.5. The summed E-state index contributed by atoms with van der Waals surface area (Å²) in [4.78, 5) is 11.9. The van der Waals surface area contributed by atoms with Crippen molar-refractivity contribution in [1.29, 1.82) is 0 Å². The molecule has 3 N–H and O–H groups in total. The van der Waals surface area contributed by atoms with Crippen molar-refractivity contribution in [2.75, 3.05) is 13.2 Å². The van der Waals surface area contributed by atoms with E-state index in [4.69, 9.17) is 10.5 Å². The van der Waals surface area contributed by atoms with Gasteiger partial charge in [0.15, 0.2) is 0 Å². The lowest BCUT2D eigenvalue weighted by Crippen LogP contribution is -2.48. The highest BCUT2D eigenvalue weighted by Gasteiger charge is 2.20. The largest absolute Gasteiger partial charge is 0.381 e. The highest BCUT2D eigenvalue weighted by molar-refractivity contribution is 5.82. The number of ether oxygens (including phenoxy) is 1. The van der Waals surface area contributed by atoms with Crippen LogP contribution in [0.4, 0.5) is 0 Å². The zero-order valence-corrected chi connectivity index (χ0v) is 10.5. The molecule has 0 spiro atoms. The molecule has 1 unspecified atom stereocenters. The van der Waals surface area contributed by atoms with E-state index in [1.807, 2.05) is 30.3 Å². The summed E-state index contributed by atoms with van der Waals surface area (Å²) < 4.78 is 5.25. The van der Waals surface area contributed by atoms with Crippen molar-refractivity contribution in [3.05, 3.63) is 35.9 Å². The van der Waals surface area contributed by atoms with E-state index in [0.717, 1.165) is 31.6 Å². The Hall–Kier alpha value is -1.39. The van der Waals surface area contributed by atoms with E-state index in [9.17, 15) is 4.79 Å². The minimum Gasteiger partial charge on any atom is -0.381 e. The molecular weight excluding hydrogens is 228 g/mol. The molecule has 18 heavy (non-hydrogen) atoms. The highest BCUT2D eigenvalue weighted by atomic mass is 16.5. The summed E-state index contributed by atoms with van der Waals surface area (Å²) >= 11 is 0. The molecule has 2 rings (SSSR count). The Kier molecular flexibility index (Phi) is 4.73. The van der Waals surface area contributed by atoms with Gasteiger partial charge < -0.3 is 15.8 Å². The van der Waals surface area contributed by atoms with Crippen LogP contribution in [0.15, 0.2) is 30.3 Å². The SMILES string of the molecule is NC(Cc1ccccc1)C(=O)NC1CCOCC1. The first-order chi connectivity index (χ1) is 8.75. The fraction of sp³-hybridized carbons (Fsp3) is 0.500. The Morgan fingerprint density at radius 1 is 1.33 bits per heavy atom. The van der Waals surface area contributed by atoms with Crippen LogP contribution < -0.4 is 11.1 Å². The molecule has 1 fully saturated rings. The van der Waals surface area contributed by atoms with Crippen molar-refractivity contribution in [1.82, 2.24) is 5.32 Å². The maximum absolute atomic E-state index is 11.9. The number of hydrogen-bond donors (Lipinski definition) is 2. The van der Waals surface area contributed by atoms with Gasteiger partial charge in [0.2, 0.25) is 5.91 Å². The molecule has 1 heterocycles. The van der Waals surface area contributed by atoms with Crippen molar-refractivity contribution in [3.63, 3.8) is 0 Å². The number of benzene rings is 1. The predicted octanol–water partition coefficient (Wildman–Crippen LogP) is 0.852. The van der Waals surface area contributed by atoms with Gasteiger partial charge in [-0.2, -0.15) is 0 Å². The minimum atomic E-state index is -0.477. The van der Waals surface area contributed by atoms with Gasteiger partial charge in [0.05, 0.1) is 6.04 Å². The number of amides is 1. The van der Waals surface area contributed by atoms with Crippen molar-refractivity contribution < 1.29 is 9.53 Å². The molecule has 1 aliphatic rings. The van der Waals surface area contributed by atoms with Gasteiger partial charge in [-0.25, -0.2) is 0 Å². The van der Waals surface area contributed by atoms with E-state index >= 15 is 0 Å². The van der Waals surface area contributed by atoms with Gasteiger partial charge >= 0.3 is 0 Å². The predicted molar refractivity (Wildman–Crippen MR) is 70.1 cm³/mol. The first kappa shape index (κ1) is 13.1. The van der Waals surface area contributed by atoms with Crippen molar-refractivity contribution in [3.8, 4) is 0 Å². The maximum Gasteiger partial charge on any atom is 0.237 e. The Labute approximate surface area is 108 Å². The van der Waals surface area contributed by atoms with Gasteiger partial charge in [0.25, 0.3) is 0 Å². The van der Waals surface area contributed by atoms with E-state index in [1.165, 1.54) is 0 Å². The lowest BCUT2D eigenvalue weighted by molar-refractivity contribution is -0.123. The van der Waals surface area contributed by atoms with Crippen LogP contribution in [0, 0.1) is 0 Å². The maximum atomic E-state index is 11.9. The molecule has 0 bridgehead atoms. The van der Waals surface area contributed by atoms with Gasteiger partial charge in [-0.1, -0.05) is 30.3 Å². The second-order valence-corrected chi connectivity index (χ2v) is 4.69. The quantitative estimate of drug-likeness (QED) is 0.830. The monoisotopic (exact) mass is 248 g/mol. The zero-order chi connectivity index (χ0) is 12.8. The summed E-state index contributed by atoms with van der Waals surface area (Å²) in [6.45, 7) is 1.44. The fourth-order valence-corrected chi connectivity index (χ4v) is 2.11. The number of hydrogen-bond acceptors (Lipinski definition) is 3. The molecule has 1 aliphatic heterocycles. The van der Waals surface area contributed by atoms with Crippen LogP contribution in [0.2, 0.25) is 0 Å². The lowest BCUT2D eigenvalue weighted by atomic mass is 10.0. The third kappa shape index (κ3) is 3.82. The third-order valence-electron chi connectivity index (χ3n) is 3.20. The van der Waals surface area contributed by atoms with Crippen LogP contribution in [0.5, 0.6) is 0 Å². The third-order valence-corrected chi connectivity index (χ3v) is 3.20. The minimum absolute atomic E-state index is 0.0641. The van der Waals surface area contributed by atoms with E-state index in [0.29, 0.717) is 6.42 Å². The summed E-state index contributed by atoms with van der Waals surface area (Å²) in [5.41, 5.74) is 7.01. The van der Waals surface area contributed by atoms with Gasteiger partial charge in [-0.05, 0) is 24.8 Å². The van der Waals surface area contributed by atoms with Gasteiger partial charge in [-0.3, -0.25) is 4.79 Å². The highest BCUT2D eigenvalue weighted by Crippen LogP contribution is 2.07. The number of nitrogens with one attached hydrogen (secondary N) is 1. The van der Waals surface area contributed by atoms with Gasteiger partial charge in [-0.15, -0.1) is 0 Å². The van der Waals surface area contributed by atoms with Crippen molar-refractivity contribution in [2.24, 2.45) is 5.73 Å². The molecule has 0 saturated carbocycles. The average Bonchev–Trinajstić information content (AvgIpc) is 2.41. The lowest BCUT2D eigenvalue weighted by Gasteiger charge is -2.24. The Bertz CT molecular complexity index is 375. The number of rotatable bonds is 4. The van der Waals surface area contributed by atoms with Crippen LogP contribution >= 0.6 is 0 Å². The van der Waals surface area contributed by atoms with Gasteiger partial charge in [0.1, 0.15) is 0 Å². The molecule has 98 valence electrons. The molecular formula is C14H20N2O2. The van der Waals surface area contributed by atoms with Gasteiger partial charge in [0, 0.05) is 19.3 Å². The molecule has 1 saturated heterocycles. The summed E-state index contributed by atoms with van der Waals surface area (Å²) in [6.07, 6.45) is 2.34. The van der Waals surface area contributed by atoms with E-state index < -0.39 is 6.04 Å². The van der Waals surface area contributed by atoms with Crippen LogP contribution in [-0.2, 0) is 16.0 Å². The number of carbonyl (C=O) groups excluding carboxylic acids is 1. The summed E-state index contributed by atoms with van der Waals surface area (Å²) in [6, 6.07) is 9.58.